The van der Waals surface area contributed by atoms with Crippen molar-refractivity contribution in [3.05, 3.63) is 17.5 Å². The van der Waals surface area contributed by atoms with Gasteiger partial charge in [0.2, 0.25) is 27.7 Å². The first-order chi connectivity index (χ1) is 18.0. The van der Waals surface area contributed by atoms with Crippen molar-refractivity contribution in [2.75, 3.05) is 24.6 Å². The van der Waals surface area contributed by atoms with Crippen LogP contribution in [0.4, 0.5) is 0 Å². The van der Waals surface area contributed by atoms with E-state index >= 15 is 0 Å². The number of amides is 3. The molecule has 1 aliphatic carbocycles. The molecule has 0 unspecified atom stereocenters. The quantitative estimate of drug-likeness (QED) is 0.259. The maximum atomic E-state index is 12.8. The molecule has 4 N–H and O–H groups in total. The highest BCUT2D eigenvalue weighted by Gasteiger charge is 2.43. The van der Waals surface area contributed by atoms with Crippen molar-refractivity contribution in [1.82, 2.24) is 19.8 Å². The van der Waals surface area contributed by atoms with E-state index in [2.05, 4.69) is 10.0 Å². The highest BCUT2D eigenvalue weighted by Crippen LogP contribution is 2.30. The Morgan fingerprint density at radius 3 is 2.00 bits per heavy atom. The first-order valence-electron chi connectivity index (χ1n) is 11.9. The van der Waals surface area contributed by atoms with Crippen molar-refractivity contribution in [3.8, 4) is 0 Å². The number of likely N-dealkylation sites (tertiary alicyclic amines) is 2. The largest absolute Gasteiger partial charge is 0.480 e. The lowest BCUT2D eigenvalue weighted by atomic mass is 10.1. The highest BCUT2D eigenvalue weighted by molar-refractivity contribution is 8.00. The highest BCUT2D eigenvalue weighted by atomic mass is 32.2. The number of nitrogens with zero attached hydrogens (tertiary/aromatic N) is 2. The summed E-state index contributed by atoms with van der Waals surface area (Å²) in [5.41, 5.74) is 0. The number of carboxylic acids is 2. The number of sulfonamides is 1. The SMILES string of the molecule is O=C(N[C@H]1C[C@@H](C(=O)O)N(C(=O)CSCC(=O)N2C[C@@H](NS(=O)(=O)c3cccs3)C[C@H]2C(=O)O)C1)C1CC1. The van der Waals surface area contributed by atoms with Crippen LogP contribution in [0.25, 0.3) is 0 Å². The van der Waals surface area contributed by atoms with Crippen molar-refractivity contribution in [1.29, 1.82) is 0 Å². The van der Waals surface area contributed by atoms with Gasteiger partial charge in [-0.3, -0.25) is 14.4 Å². The molecular formula is C22H28N4O9S3. The summed E-state index contributed by atoms with van der Waals surface area (Å²) >= 11 is 1.94. The number of hydrogen-bond acceptors (Lipinski definition) is 9. The second-order valence-electron chi connectivity index (χ2n) is 9.49. The molecule has 3 heterocycles. The van der Waals surface area contributed by atoms with Crippen LogP contribution >= 0.6 is 23.1 Å². The molecule has 0 aromatic carbocycles. The van der Waals surface area contributed by atoms with Crippen molar-refractivity contribution in [2.24, 2.45) is 5.92 Å². The van der Waals surface area contributed by atoms with Crippen molar-refractivity contribution in [3.63, 3.8) is 0 Å². The summed E-state index contributed by atoms with van der Waals surface area (Å²) in [4.78, 5) is 63.3. The monoisotopic (exact) mass is 588 g/mol. The fraction of sp³-hybridized carbons (Fsp3) is 0.591. The summed E-state index contributed by atoms with van der Waals surface area (Å²) in [6.07, 6.45) is 1.60. The molecule has 4 rings (SSSR count). The summed E-state index contributed by atoms with van der Waals surface area (Å²) in [6.45, 7) is -0.0768. The summed E-state index contributed by atoms with van der Waals surface area (Å²) in [7, 11) is -3.85. The molecule has 38 heavy (non-hydrogen) atoms. The van der Waals surface area contributed by atoms with Gasteiger partial charge in [-0.15, -0.1) is 23.1 Å². The van der Waals surface area contributed by atoms with Crippen LogP contribution in [0.5, 0.6) is 0 Å². The van der Waals surface area contributed by atoms with Crippen molar-refractivity contribution >= 4 is 62.8 Å². The zero-order chi connectivity index (χ0) is 27.6. The Morgan fingerprint density at radius 2 is 1.50 bits per heavy atom. The van der Waals surface area contributed by atoms with Crippen LogP contribution in [0.1, 0.15) is 25.7 Å². The number of rotatable bonds is 11. The molecule has 3 fully saturated rings. The zero-order valence-corrected chi connectivity index (χ0v) is 22.6. The summed E-state index contributed by atoms with van der Waals surface area (Å²) < 4.78 is 27.5. The van der Waals surface area contributed by atoms with Gasteiger partial charge < -0.3 is 25.3 Å². The lowest BCUT2D eigenvalue weighted by Gasteiger charge is -2.23. The number of carboxylic acid groups (broad SMARTS) is 2. The molecule has 3 amide bonds. The third-order valence-corrected chi connectivity index (χ3v) is 10.5. The fourth-order valence-corrected chi connectivity index (χ4v) is 7.66. The Morgan fingerprint density at radius 1 is 0.947 bits per heavy atom. The molecule has 208 valence electrons. The van der Waals surface area contributed by atoms with Gasteiger partial charge in [-0.05, 0) is 30.7 Å². The molecule has 2 aliphatic heterocycles. The molecule has 1 saturated carbocycles. The smallest absolute Gasteiger partial charge is 0.326 e. The van der Waals surface area contributed by atoms with Gasteiger partial charge in [0.25, 0.3) is 0 Å². The normalized spacial score (nSPS) is 25.4. The fourth-order valence-electron chi connectivity index (χ4n) is 4.63. The Labute approximate surface area is 227 Å². The lowest BCUT2D eigenvalue weighted by Crippen LogP contribution is -2.43. The molecule has 1 aromatic rings. The molecule has 0 bridgehead atoms. The predicted molar refractivity (Wildman–Crippen MR) is 136 cm³/mol. The van der Waals surface area contributed by atoms with E-state index in [1.165, 1.54) is 11.0 Å². The molecule has 1 aromatic heterocycles. The first-order valence-corrected chi connectivity index (χ1v) is 15.5. The van der Waals surface area contributed by atoms with Crippen molar-refractivity contribution < 1.29 is 42.6 Å². The summed E-state index contributed by atoms with van der Waals surface area (Å²) in [5.74, 6) is -4.15. The molecule has 4 atom stereocenters. The standard InChI is InChI=1S/C22H28N4O9S3/c27-17(25-8-13(6-15(25)21(30)31)23-20(29)12-3-4-12)10-36-11-18(28)26-9-14(7-16(26)22(32)33)24-38(34,35)19-2-1-5-37-19/h1-2,5,12-16,24H,3-4,6-11H2,(H,23,29)(H,30,31)(H,32,33)/t13-,14-,15-,16-/m0/s1. The average Bonchev–Trinajstić information content (AvgIpc) is 3.23. The van der Waals surface area contributed by atoms with Crippen LogP contribution in [0, 0.1) is 5.92 Å². The van der Waals surface area contributed by atoms with Crippen LogP contribution in [0.2, 0.25) is 0 Å². The molecule has 0 spiro atoms. The minimum Gasteiger partial charge on any atom is -0.480 e. The van der Waals surface area contributed by atoms with E-state index in [0.717, 1.165) is 40.8 Å². The number of thiophene rings is 1. The maximum Gasteiger partial charge on any atom is 0.326 e. The van der Waals surface area contributed by atoms with Gasteiger partial charge in [0, 0.05) is 37.5 Å². The van der Waals surface area contributed by atoms with Gasteiger partial charge in [0.05, 0.1) is 11.5 Å². The second-order valence-corrected chi connectivity index (χ2v) is 13.4. The van der Waals surface area contributed by atoms with Gasteiger partial charge in [-0.2, -0.15) is 0 Å². The first kappa shape index (κ1) is 28.3. The molecule has 13 nitrogen and oxygen atoms in total. The van der Waals surface area contributed by atoms with Gasteiger partial charge in [0.15, 0.2) is 0 Å². The van der Waals surface area contributed by atoms with Gasteiger partial charge in [-0.25, -0.2) is 22.7 Å². The third kappa shape index (κ3) is 6.65. The van der Waals surface area contributed by atoms with E-state index in [1.807, 2.05) is 0 Å². The molecular weight excluding hydrogens is 560 g/mol. The number of carbonyl (C=O) groups is 5. The third-order valence-electron chi connectivity index (χ3n) is 6.64. The van der Waals surface area contributed by atoms with Gasteiger partial charge in [-0.1, -0.05) is 6.07 Å². The van der Waals surface area contributed by atoms with Crippen LogP contribution in [0.3, 0.4) is 0 Å². The van der Waals surface area contributed by atoms with E-state index in [4.69, 9.17) is 0 Å². The van der Waals surface area contributed by atoms with E-state index in [0.29, 0.717) is 0 Å². The van der Waals surface area contributed by atoms with Gasteiger partial charge in [0.1, 0.15) is 16.3 Å². The Bertz CT molecular complexity index is 1200. The molecule has 16 heteroatoms. The van der Waals surface area contributed by atoms with Crippen LogP contribution in [0.15, 0.2) is 21.7 Å². The average molecular weight is 589 g/mol. The zero-order valence-electron chi connectivity index (χ0n) is 20.1. The molecule has 0 radical (unpaired) electrons. The molecule has 3 aliphatic rings. The number of thioether (sulfide) groups is 1. The van der Waals surface area contributed by atoms with Crippen LogP contribution < -0.4 is 10.0 Å². The Balaban J connectivity index is 1.29. The lowest BCUT2D eigenvalue weighted by molar-refractivity contribution is -0.147. The number of nitrogens with one attached hydrogen (secondary N) is 2. The van der Waals surface area contributed by atoms with Gasteiger partial charge >= 0.3 is 11.9 Å². The maximum absolute atomic E-state index is 12.8. The van der Waals surface area contributed by atoms with E-state index in [1.54, 1.807) is 11.4 Å². The van der Waals surface area contributed by atoms with Crippen LogP contribution in [-0.2, 0) is 34.0 Å². The minimum absolute atomic E-state index is 0.0459. The van der Waals surface area contributed by atoms with E-state index in [9.17, 15) is 42.6 Å². The minimum atomic E-state index is -3.85. The number of hydrogen-bond donors (Lipinski definition) is 4. The van der Waals surface area contributed by atoms with Crippen LogP contribution in [-0.4, -0.2) is 107 Å². The Kier molecular flexibility index (Phi) is 8.64. The number of carbonyl (C=O) groups excluding carboxylic acids is 3. The number of aliphatic carboxylic acids is 2. The summed E-state index contributed by atoms with van der Waals surface area (Å²) in [6, 6.07) is -0.562. The second kappa shape index (κ2) is 11.6. The van der Waals surface area contributed by atoms with Crippen molar-refractivity contribution in [2.45, 2.75) is 54.1 Å². The van der Waals surface area contributed by atoms with E-state index < -0.39 is 57.9 Å². The topological polar surface area (TPSA) is 190 Å². The predicted octanol–water partition coefficient (Wildman–Crippen LogP) is -0.606. The Hall–Kier alpha value is -2.69. The summed E-state index contributed by atoms with van der Waals surface area (Å²) in [5, 5.41) is 23.5. The van der Waals surface area contributed by atoms with E-state index in [-0.39, 0.29) is 53.5 Å². The molecule has 2 saturated heterocycles.